The Labute approximate surface area is 128 Å². The van der Waals surface area contributed by atoms with Crippen LogP contribution in [0.2, 0.25) is 0 Å². The average Bonchev–Trinajstić information content (AvgIpc) is 2.49. The van der Waals surface area contributed by atoms with Crippen LogP contribution in [0, 0.1) is 11.6 Å². The third kappa shape index (κ3) is 3.61. The molecule has 1 amide bonds. The highest BCUT2D eigenvalue weighted by Gasteiger charge is 2.14. The van der Waals surface area contributed by atoms with Crippen LogP contribution in [0.1, 0.15) is 15.9 Å². The van der Waals surface area contributed by atoms with Gasteiger partial charge in [-0.1, -0.05) is 6.07 Å². The molecule has 0 atom stereocenters. The highest BCUT2D eigenvalue weighted by Crippen LogP contribution is 2.16. The molecule has 0 N–H and O–H groups in total. The van der Waals surface area contributed by atoms with Gasteiger partial charge in [0.1, 0.15) is 11.6 Å². The lowest BCUT2D eigenvalue weighted by molar-refractivity contribution is 0.0784. The highest BCUT2D eigenvalue weighted by atomic mass is 19.1. The van der Waals surface area contributed by atoms with E-state index in [9.17, 15) is 13.6 Å². The number of rotatable bonds is 4. The average molecular weight is 304 g/mol. The number of hydrogen-bond donors (Lipinski definition) is 0. The predicted molar refractivity (Wildman–Crippen MR) is 82.9 cm³/mol. The van der Waals surface area contributed by atoms with Crippen LogP contribution < -0.4 is 4.90 Å². The zero-order chi connectivity index (χ0) is 16.3. The summed E-state index contributed by atoms with van der Waals surface area (Å²) in [5.41, 5.74) is 1.79. The fraction of sp³-hybridized carbons (Fsp3) is 0.235. The first-order chi connectivity index (χ1) is 10.4. The van der Waals surface area contributed by atoms with E-state index in [-0.39, 0.29) is 18.0 Å². The maximum atomic E-state index is 13.6. The van der Waals surface area contributed by atoms with Gasteiger partial charge in [0.25, 0.3) is 5.91 Å². The van der Waals surface area contributed by atoms with Crippen molar-refractivity contribution in [2.75, 3.05) is 26.0 Å². The zero-order valence-corrected chi connectivity index (χ0v) is 12.8. The summed E-state index contributed by atoms with van der Waals surface area (Å²) < 4.78 is 26.5. The number of amides is 1. The second-order valence-electron chi connectivity index (χ2n) is 5.34. The molecule has 2 rings (SSSR count). The first-order valence-corrected chi connectivity index (χ1v) is 6.85. The minimum atomic E-state index is -0.650. The Morgan fingerprint density at radius 1 is 1.00 bits per heavy atom. The summed E-state index contributed by atoms with van der Waals surface area (Å²) in [5.74, 6) is -1.49. The first kappa shape index (κ1) is 15.9. The molecule has 116 valence electrons. The van der Waals surface area contributed by atoms with Gasteiger partial charge in [0, 0.05) is 50.6 Å². The van der Waals surface area contributed by atoms with E-state index in [4.69, 9.17) is 0 Å². The number of halogens is 2. The van der Waals surface area contributed by atoms with E-state index in [1.54, 1.807) is 19.2 Å². The van der Waals surface area contributed by atoms with E-state index in [1.807, 2.05) is 31.1 Å². The second-order valence-corrected chi connectivity index (χ2v) is 5.34. The van der Waals surface area contributed by atoms with Crippen molar-refractivity contribution in [2.24, 2.45) is 0 Å². The topological polar surface area (TPSA) is 23.6 Å². The van der Waals surface area contributed by atoms with Gasteiger partial charge in [-0.05, 0) is 30.3 Å². The Bertz CT molecular complexity index is 669. The molecule has 0 aliphatic rings. The third-order valence-electron chi connectivity index (χ3n) is 3.40. The van der Waals surface area contributed by atoms with Crippen LogP contribution in [-0.4, -0.2) is 32.0 Å². The van der Waals surface area contributed by atoms with Gasteiger partial charge in [-0.3, -0.25) is 4.79 Å². The van der Waals surface area contributed by atoms with Crippen LogP contribution in [0.4, 0.5) is 14.5 Å². The van der Waals surface area contributed by atoms with E-state index < -0.39 is 11.6 Å². The van der Waals surface area contributed by atoms with E-state index in [1.165, 1.54) is 17.0 Å². The quantitative estimate of drug-likeness (QED) is 0.865. The summed E-state index contributed by atoms with van der Waals surface area (Å²) >= 11 is 0. The molecule has 0 heterocycles. The van der Waals surface area contributed by atoms with E-state index in [0.29, 0.717) is 5.56 Å². The van der Waals surface area contributed by atoms with Crippen molar-refractivity contribution in [3.8, 4) is 0 Å². The van der Waals surface area contributed by atoms with Crippen LogP contribution in [0.25, 0.3) is 0 Å². The van der Waals surface area contributed by atoms with Crippen molar-refractivity contribution in [1.82, 2.24) is 4.90 Å². The first-order valence-electron chi connectivity index (χ1n) is 6.85. The summed E-state index contributed by atoms with van der Waals surface area (Å²) in [5, 5.41) is 0. The number of anilines is 1. The van der Waals surface area contributed by atoms with E-state index in [2.05, 4.69) is 0 Å². The molecule has 3 nitrogen and oxygen atoms in total. The van der Waals surface area contributed by atoms with Crippen LogP contribution in [-0.2, 0) is 6.54 Å². The molecule has 0 fully saturated rings. The van der Waals surface area contributed by atoms with Gasteiger partial charge in [0.15, 0.2) is 0 Å². The third-order valence-corrected chi connectivity index (χ3v) is 3.40. The van der Waals surface area contributed by atoms with E-state index >= 15 is 0 Å². The molecule has 0 aliphatic carbocycles. The van der Waals surface area contributed by atoms with Gasteiger partial charge < -0.3 is 9.80 Å². The molecule has 0 unspecified atom stereocenters. The summed E-state index contributed by atoms with van der Waals surface area (Å²) in [7, 11) is 5.42. The molecule has 0 radical (unpaired) electrons. The van der Waals surface area contributed by atoms with Crippen LogP contribution in [0.5, 0.6) is 0 Å². The highest BCUT2D eigenvalue weighted by molar-refractivity contribution is 5.94. The normalized spacial score (nSPS) is 10.4. The Morgan fingerprint density at radius 2 is 1.64 bits per heavy atom. The molecule has 0 aliphatic heterocycles. The van der Waals surface area contributed by atoms with Crippen molar-refractivity contribution in [3.63, 3.8) is 0 Å². The van der Waals surface area contributed by atoms with Crippen molar-refractivity contribution in [3.05, 3.63) is 65.2 Å². The molecule has 2 aromatic carbocycles. The lowest BCUT2D eigenvalue weighted by Gasteiger charge is -2.18. The molecule has 0 bridgehead atoms. The lowest BCUT2D eigenvalue weighted by Crippen LogP contribution is -2.26. The van der Waals surface area contributed by atoms with Crippen molar-refractivity contribution >= 4 is 11.6 Å². The zero-order valence-electron chi connectivity index (χ0n) is 12.8. The number of nitrogens with zero attached hydrogens (tertiary/aromatic N) is 2. The summed E-state index contributed by atoms with van der Waals surface area (Å²) in [6, 6.07) is 10.5. The van der Waals surface area contributed by atoms with E-state index in [0.717, 1.165) is 11.8 Å². The molecule has 0 aromatic heterocycles. The molecule has 22 heavy (non-hydrogen) atoms. The van der Waals surface area contributed by atoms with Gasteiger partial charge in [-0.25, -0.2) is 8.78 Å². The van der Waals surface area contributed by atoms with Crippen LogP contribution >= 0.6 is 0 Å². The maximum Gasteiger partial charge on any atom is 0.253 e. The van der Waals surface area contributed by atoms with Gasteiger partial charge >= 0.3 is 0 Å². The SMILES string of the molecule is CN(Cc1ccc(F)cc1F)C(=O)c1ccc(N(C)C)cc1. The van der Waals surface area contributed by atoms with Crippen molar-refractivity contribution in [2.45, 2.75) is 6.54 Å². The van der Waals surface area contributed by atoms with Gasteiger partial charge in [-0.2, -0.15) is 0 Å². The Kier molecular flexibility index (Phi) is 4.75. The molecule has 0 spiro atoms. The van der Waals surface area contributed by atoms with Crippen molar-refractivity contribution < 1.29 is 13.6 Å². The van der Waals surface area contributed by atoms with Gasteiger partial charge in [0.2, 0.25) is 0 Å². The fourth-order valence-corrected chi connectivity index (χ4v) is 2.10. The Morgan fingerprint density at radius 3 is 2.18 bits per heavy atom. The summed E-state index contributed by atoms with van der Waals surface area (Å²) in [6.07, 6.45) is 0. The maximum absolute atomic E-state index is 13.6. The molecular formula is C17H18F2N2O. The Balaban J connectivity index is 2.11. The van der Waals surface area contributed by atoms with Crippen LogP contribution in [0.15, 0.2) is 42.5 Å². The number of carbonyl (C=O) groups is 1. The molecule has 0 saturated carbocycles. The Hall–Kier alpha value is -2.43. The largest absolute Gasteiger partial charge is 0.378 e. The minimum absolute atomic E-state index is 0.0837. The van der Waals surface area contributed by atoms with Gasteiger partial charge in [0.05, 0.1) is 0 Å². The van der Waals surface area contributed by atoms with Crippen LogP contribution in [0.3, 0.4) is 0 Å². The second kappa shape index (κ2) is 6.56. The lowest BCUT2D eigenvalue weighted by atomic mass is 10.1. The summed E-state index contributed by atoms with van der Waals surface area (Å²) in [4.78, 5) is 15.7. The number of hydrogen-bond acceptors (Lipinski definition) is 2. The predicted octanol–water partition coefficient (Wildman–Crippen LogP) is 3.30. The number of carbonyl (C=O) groups excluding carboxylic acids is 1. The summed E-state index contributed by atoms with van der Waals surface area (Å²) in [6.45, 7) is 0.0837. The standard InChI is InChI=1S/C17H18F2N2O/c1-20(2)15-8-5-12(6-9-15)17(22)21(3)11-13-4-7-14(18)10-16(13)19/h4-10H,11H2,1-3H3. The molecular weight excluding hydrogens is 286 g/mol. The van der Waals surface area contributed by atoms with Crippen molar-refractivity contribution in [1.29, 1.82) is 0 Å². The van der Waals surface area contributed by atoms with Gasteiger partial charge in [-0.15, -0.1) is 0 Å². The smallest absolute Gasteiger partial charge is 0.253 e. The molecule has 0 saturated heterocycles. The number of benzene rings is 2. The fourth-order valence-electron chi connectivity index (χ4n) is 2.10. The molecule has 5 heteroatoms. The minimum Gasteiger partial charge on any atom is -0.378 e. The molecule has 2 aromatic rings. The monoisotopic (exact) mass is 304 g/mol.